The van der Waals surface area contributed by atoms with Crippen molar-refractivity contribution in [2.45, 2.75) is 34.6 Å². The van der Waals surface area contributed by atoms with Gasteiger partial charge >= 0.3 is 0 Å². The van der Waals surface area contributed by atoms with Gasteiger partial charge < -0.3 is 0 Å². The minimum atomic E-state index is -0.581. The van der Waals surface area contributed by atoms with Crippen molar-refractivity contribution < 1.29 is 9.18 Å². The van der Waals surface area contributed by atoms with Crippen LogP contribution in [0.4, 0.5) is 4.39 Å². The van der Waals surface area contributed by atoms with Crippen LogP contribution < -0.4 is 0 Å². The molecule has 0 saturated carbocycles. The molecule has 0 N–H and O–H groups in total. The second-order valence-corrected chi connectivity index (χ2v) is 5.83. The molecule has 0 radical (unpaired) electrons. The Hall–Kier alpha value is -1.67. The molecule has 3 heteroatoms. The van der Waals surface area contributed by atoms with Gasteiger partial charge in [0.15, 0.2) is 5.78 Å². The van der Waals surface area contributed by atoms with E-state index in [1.54, 1.807) is 0 Å². The molecule has 0 aliphatic rings. The summed E-state index contributed by atoms with van der Waals surface area (Å²) in [7, 11) is 0. The summed E-state index contributed by atoms with van der Waals surface area (Å²) in [5.41, 5.74) is 5.58. The number of hydrogen-bond acceptors (Lipinski definition) is 1. The van der Waals surface area contributed by atoms with Crippen LogP contribution in [-0.4, -0.2) is 5.78 Å². The molecule has 0 spiro atoms. The first-order valence-corrected chi connectivity index (χ1v) is 7.20. The average Bonchev–Trinajstić information content (AvgIpc) is 2.43. The first-order chi connectivity index (χ1) is 9.77. The lowest BCUT2D eigenvalue weighted by Gasteiger charge is -2.18. The van der Waals surface area contributed by atoms with E-state index in [1.165, 1.54) is 23.8 Å². The molecule has 0 bridgehead atoms. The van der Waals surface area contributed by atoms with Crippen molar-refractivity contribution in [1.29, 1.82) is 0 Å². The first-order valence-electron chi connectivity index (χ1n) is 6.83. The van der Waals surface area contributed by atoms with Gasteiger partial charge in [-0.3, -0.25) is 4.79 Å². The lowest BCUT2D eigenvalue weighted by molar-refractivity contribution is 0.103. The third-order valence-electron chi connectivity index (χ3n) is 4.42. The molecule has 0 amide bonds. The van der Waals surface area contributed by atoms with E-state index in [4.69, 9.17) is 11.6 Å². The van der Waals surface area contributed by atoms with E-state index in [2.05, 4.69) is 0 Å². The van der Waals surface area contributed by atoms with Crippen molar-refractivity contribution >= 4 is 17.4 Å². The zero-order valence-electron chi connectivity index (χ0n) is 12.9. The van der Waals surface area contributed by atoms with Crippen LogP contribution in [0.2, 0.25) is 5.02 Å². The van der Waals surface area contributed by atoms with Gasteiger partial charge in [0, 0.05) is 5.56 Å². The number of ketones is 1. The van der Waals surface area contributed by atoms with E-state index in [0.29, 0.717) is 5.56 Å². The third kappa shape index (κ3) is 2.49. The highest BCUT2D eigenvalue weighted by molar-refractivity contribution is 6.35. The van der Waals surface area contributed by atoms with Crippen LogP contribution in [0.1, 0.15) is 43.7 Å². The Morgan fingerprint density at radius 2 is 1.33 bits per heavy atom. The summed E-state index contributed by atoms with van der Waals surface area (Å²) in [6, 6.07) is 4.30. The van der Waals surface area contributed by atoms with Crippen molar-refractivity contribution in [3.63, 3.8) is 0 Å². The average molecular weight is 305 g/mol. The molecular weight excluding hydrogens is 287 g/mol. The number of carbonyl (C=O) groups excluding carboxylic acids is 1. The molecule has 0 heterocycles. The Labute approximate surface area is 129 Å². The maximum atomic E-state index is 14.0. The van der Waals surface area contributed by atoms with Crippen LogP contribution in [0.15, 0.2) is 18.2 Å². The minimum absolute atomic E-state index is 0.0481. The molecule has 0 fully saturated rings. The monoisotopic (exact) mass is 304 g/mol. The number of carbonyl (C=O) groups is 1. The van der Waals surface area contributed by atoms with Gasteiger partial charge in [-0.05, 0) is 74.6 Å². The summed E-state index contributed by atoms with van der Waals surface area (Å²) in [5, 5.41) is 0.148. The molecule has 2 aromatic rings. The summed E-state index contributed by atoms with van der Waals surface area (Å²) in [4.78, 5) is 12.8. The zero-order valence-corrected chi connectivity index (χ0v) is 13.7. The molecule has 0 atom stereocenters. The van der Waals surface area contributed by atoms with Gasteiger partial charge in [-0.25, -0.2) is 4.39 Å². The van der Waals surface area contributed by atoms with E-state index in [1.807, 2.05) is 34.6 Å². The molecule has 21 heavy (non-hydrogen) atoms. The standard InChI is InChI=1S/C18H18ClFO/c1-9-10(2)12(4)16(13(5)11(9)3)18(21)17-14(19)7-6-8-15(17)20/h6-8H,1-5H3. The van der Waals surface area contributed by atoms with E-state index >= 15 is 0 Å². The van der Waals surface area contributed by atoms with E-state index in [-0.39, 0.29) is 16.4 Å². The van der Waals surface area contributed by atoms with Gasteiger partial charge in [0.2, 0.25) is 0 Å². The normalized spacial score (nSPS) is 10.8. The van der Waals surface area contributed by atoms with Crippen LogP contribution in [0.5, 0.6) is 0 Å². The van der Waals surface area contributed by atoms with E-state index in [0.717, 1.165) is 22.3 Å². The quantitative estimate of drug-likeness (QED) is 0.692. The molecule has 1 nitrogen and oxygen atoms in total. The number of rotatable bonds is 2. The second kappa shape index (κ2) is 5.61. The van der Waals surface area contributed by atoms with Crippen molar-refractivity contribution in [2.75, 3.05) is 0 Å². The predicted octanol–water partition coefficient (Wildman–Crippen LogP) is 5.25. The maximum absolute atomic E-state index is 14.0. The van der Waals surface area contributed by atoms with E-state index in [9.17, 15) is 9.18 Å². The molecule has 2 rings (SSSR count). The fourth-order valence-corrected chi connectivity index (χ4v) is 2.93. The van der Waals surface area contributed by atoms with Gasteiger partial charge in [0.1, 0.15) is 5.82 Å². The van der Waals surface area contributed by atoms with Gasteiger partial charge in [-0.15, -0.1) is 0 Å². The van der Waals surface area contributed by atoms with Gasteiger partial charge in [0.25, 0.3) is 0 Å². The zero-order chi connectivity index (χ0) is 15.9. The number of halogens is 2. The van der Waals surface area contributed by atoms with Gasteiger partial charge in [-0.1, -0.05) is 17.7 Å². The summed E-state index contributed by atoms with van der Waals surface area (Å²) in [5.74, 6) is -0.929. The topological polar surface area (TPSA) is 17.1 Å². The first kappa shape index (κ1) is 15.7. The molecule has 0 aliphatic carbocycles. The lowest BCUT2D eigenvalue weighted by Crippen LogP contribution is -2.12. The Morgan fingerprint density at radius 3 is 1.81 bits per heavy atom. The third-order valence-corrected chi connectivity index (χ3v) is 4.73. The van der Waals surface area contributed by atoms with Gasteiger partial charge in [0.05, 0.1) is 10.6 Å². The number of benzene rings is 2. The Balaban J connectivity index is 2.77. The summed E-state index contributed by atoms with van der Waals surface area (Å²) in [6.45, 7) is 9.80. The van der Waals surface area contributed by atoms with Crippen molar-refractivity contribution in [2.24, 2.45) is 0 Å². The van der Waals surface area contributed by atoms with Crippen LogP contribution in [0.25, 0.3) is 0 Å². The Morgan fingerprint density at radius 1 is 0.857 bits per heavy atom. The molecule has 110 valence electrons. The fraction of sp³-hybridized carbons (Fsp3) is 0.278. The highest BCUT2D eigenvalue weighted by Crippen LogP contribution is 2.30. The van der Waals surface area contributed by atoms with Crippen molar-refractivity contribution in [3.05, 3.63) is 68.0 Å². The summed E-state index contributed by atoms with van der Waals surface area (Å²) >= 11 is 6.03. The Bertz CT molecular complexity index is 698. The summed E-state index contributed by atoms with van der Waals surface area (Å²) in [6.07, 6.45) is 0. The highest BCUT2D eigenvalue weighted by Gasteiger charge is 2.23. The van der Waals surface area contributed by atoms with Crippen LogP contribution in [0, 0.1) is 40.4 Å². The smallest absolute Gasteiger partial charge is 0.198 e. The van der Waals surface area contributed by atoms with Crippen LogP contribution >= 0.6 is 11.6 Å². The van der Waals surface area contributed by atoms with Crippen molar-refractivity contribution in [3.8, 4) is 0 Å². The van der Waals surface area contributed by atoms with E-state index < -0.39 is 5.82 Å². The maximum Gasteiger partial charge on any atom is 0.198 e. The molecule has 0 unspecified atom stereocenters. The predicted molar refractivity (Wildman–Crippen MR) is 85.0 cm³/mol. The summed E-state index contributed by atoms with van der Waals surface area (Å²) < 4.78 is 14.0. The van der Waals surface area contributed by atoms with Gasteiger partial charge in [-0.2, -0.15) is 0 Å². The number of hydrogen-bond donors (Lipinski definition) is 0. The lowest BCUT2D eigenvalue weighted by atomic mass is 9.86. The fourth-order valence-electron chi connectivity index (χ4n) is 2.68. The molecule has 0 aromatic heterocycles. The molecule has 0 aliphatic heterocycles. The highest BCUT2D eigenvalue weighted by atomic mass is 35.5. The Kier molecular flexibility index (Phi) is 4.20. The second-order valence-electron chi connectivity index (χ2n) is 5.43. The van der Waals surface area contributed by atoms with Crippen molar-refractivity contribution in [1.82, 2.24) is 0 Å². The minimum Gasteiger partial charge on any atom is -0.288 e. The molecular formula is C18H18ClFO. The SMILES string of the molecule is Cc1c(C)c(C)c(C(=O)c2c(F)cccc2Cl)c(C)c1C. The van der Waals surface area contributed by atoms with Crippen LogP contribution in [-0.2, 0) is 0 Å². The van der Waals surface area contributed by atoms with Crippen LogP contribution in [0.3, 0.4) is 0 Å². The molecule has 2 aromatic carbocycles. The largest absolute Gasteiger partial charge is 0.288 e. The molecule has 0 saturated heterocycles.